The molecular formula is C32H36F7N3O5S. The van der Waals surface area contributed by atoms with Crippen LogP contribution < -0.4 is 0 Å². The largest absolute Gasteiger partial charge is 0.430 e. The van der Waals surface area contributed by atoms with Gasteiger partial charge in [-0.1, -0.05) is 37.1 Å². The molecule has 2 aromatic carbocycles. The number of halogens is 7. The van der Waals surface area contributed by atoms with E-state index in [1.54, 1.807) is 4.90 Å². The average Bonchev–Trinajstić information content (AvgIpc) is 3.72. The van der Waals surface area contributed by atoms with Gasteiger partial charge in [-0.25, -0.2) is 17.6 Å². The monoisotopic (exact) mass is 707 g/mol. The van der Waals surface area contributed by atoms with Gasteiger partial charge in [-0.2, -0.15) is 26.3 Å². The van der Waals surface area contributed by atoms with Gasteiger partial charge in [0.15, 0.2) is 9.84 Å². The smallest absolute Gasteiger partial charge is 0.354 e. The molecular weight excluding hydrogens is 671 g/mol. The van der Waals surface area contributed by atoms with Crippen LogP contribution in [0, 0.1) is 11.7 Å². The Kier molecular flexibility index (Phi) is 9.83. The lowest BCUT2D eigenvalue weighted by atomic mass is 9.88. The van der Waals surface area contributed by atoms with Crippen molar-refractivity contribution < 1.29 is 53.5 Å². The van der Waals surface area contributed by atoms with Crippen molar-refractivity contribution in [3.05, 3.63) is 65.5 Å². The number of urea groups is 1. The van der Waals surface area contributed by atoms with Crippen molar-refractivity contribution in [1.29, 1.82) is 0 Å². The molecule has 0 N–H and O–H groups in total. The number of carbonyl (C=O) groups excluding carboxylic acids is 2. The summed E-state index contributed by atoms with van der Waals surface area (Å²) in [6.45, 7) is 0.941. The van der Waals surface area contributed by atoms with Gasteiger partial charge in [-0.05, 0) is 55.0 Å². The van der Waals surface area contributed by atoms with E-state index in [-0.39, 0.29) is 55.5 Å². The van der Waals surface area contributed by atoms with Crippen molar-refractivity contribution in [2.24, 2.45) is 5.92 Å². The van der Waals surface area contributed by atoms with Crippen LogP contribution in [0.5, 0.6) is 0 Å². The number of amides is 3. The number of piperazine rings is 1. The Hall–Kier alpha value is -3.40. The zero-order valence-electron chi connectivity index (χ0n) is 26.1. The summed E-state index contributed by atoms with van der Waals surface area (Å²) in [6.07, 6.45) is -9.84. The van der Waals surface area contributed by atoms with Gasteiger partial charge >= 0.3 is 18.4 Å². The topological polar surface area (TPSA) is 87.2 Å². The Morgan fingerprint density at radius 2 is 1.35 bits per heavy atom. The lowest BCUT2D eigenvalue weighted by Gasteiger charge is -2.38. The third kappa shape index (κ3) is 6.37. The Morgan fingerprint density at radius 3 is 1.88 bits per heavy atom. The minimum atomic E-state index is -5.91. The zero-order chi connectivity index (χ0) is 35.1. The van der Waals surface area contributed by atoms with Crippen LogP contribution in [0.25, 0.3) is 0 Å². The molecule has 1 atom stereocenters. The fraction of sp³-hybridized carbons (Fsp3) is 0.562. The van der Waals surface area contributed by atoms with E-state index >= 15 is 0 Å². The van der Waals surface area contributed by atoms with Crippen LogP contribution in [0.15, 0.2) is 53.4 Å². The first-order chi connectivity index (χ1) is 22.4. The van der Waals surface area contributed by atoms with Crippen LogP contribution in [0.3, 0.4) is 0 Å². The number of alkyl halides is 6. The standard InChI is InChI=1S/C32H36F7N3O5S/c1-22(43)40-16-18-41(19-17-40)28(44)42-15-14-29(21-42,48(45,46)27-12-10-26(33)11-13-27)24-6-8-25(9-7-24)30(31(34,35)36,32(37,38)39)47-20-23-4-2-3-5-23/h6-13,23H,2-5,14-21H2,1H3/t29-/m0/s1. The van der Waals surface area contributed by atoms with E-state index in [0.29, 0.717) is 37.8 Å². The normalized spacial score (nSPS) is 21.6. The number of rotatable bonds is 7. The van der Waals surface area contributed by atoms with Crippen LogP contribution >= 0.6 is 0 Å². The van der Waals surface area contributed by atoms with Crippen molar-refractivity contribution >= 4 is 21.8 Å². The molecule has 0 unspecified atom stereocenters. The number of ether oxygens (including phenoxy) is 1. The van der Waals surface area contributed by atoms with E-state index in [4.69, 9.17) is 4.74 Å². The Labute approximate surface area is 273 Å². The summed E-state index contributed by atoms with van der Waals surface area (Å²) in [4.78, 5) is 29.2. The van der Waals surface area contributed by atoms with Gasteiger partial charge in [0.25, 0.3) is 5.60 Å². The molecule has 48 heavy (non-hydrogen) atoms. The minimum Gasteiger partial charge on any atom is -0.354 e. The minimum absolute atomic E-state index is 0.104. The van der Waals surface area contributed by atoms with Crippen molar-refractivity contribution in [1.82, 2.24) is 14.7 Å². The molecule has 5 rings (SSSR count). The fourth-order valence-electron chi connectivity index (χ4n) is 6.97. The number of sulfone groups is 1. The molecule has 2 aliphatic heterocycles. The van der Waals surface area contributed by atoms with Gasteiger partial charge in [0.05, 0.1) is 11.5 Å². The van der Waals surface area contributed by atoms with Gasteiger partial charge in [-0.15, -0.1) is 0 Å². The SMILES string of the molecule is CC(=O)N1CCN(C(=O)N2CC[C@](c3ccc(C(OCC4CCCC4)(C(F)(F)F)C(F)(F)F)cc3)(S(=O)(=O)c3ccc(F)cc3)C2)CC1. The lowest BCUT2D eigenvalue weighted by Crippen LogP contribution is -2.56. The number of hydrogen-bond donors (Lipinski definition) is 0. The number of benzene rings is 2. The molecule has 2 heterocycles. The molecule has 0 radical (unpaired) electrons. The number of likely N-dealkylation sites (tertiary alicyclic amines) is 1. The predicted molar refractivity (Wildman–Crippen MR) is 159 cm³/mol. The number of hydrogen-bond acceptors (Lipinski definition) is 5. The van der Waals surface area contributed by atoms with Crippen LogP contribution in [0.2, 0.25) is 0 Å². The summed E-state index contributed by atoms with van der Waals surface area (Å²) < 4.78 is 132. The number of carbonyl (C=O) groups is 2. The summed E-state index contributed by atoms with van der Waals surface area (Å²) in [5.74, 6) is -1.36. The van der Waals surface area contributed by atoms with Gasteiger partial charge in [0, 0.05) is 51.8 Å². The van der Waals surface area contributed by atoms with Gasteiger partial charge in [-0.3, -0.25) is 4.79 Å². The van der Waals surface area contributed by atoms with Gasteiger partial charge in [0.1, 0.15) is 10.6 Å². The maximum Gasteiger partial charge on any atom is 0.430 e. The third-order valence-corrected chi connectivity index (χ3v) is 12.3. The first-order valence-electron chi connectivity index (χ1n) is 15.6. The summed E-state index contributed by atoms with van der Waals surface area (Å²) in [5, 5.41) is 0. The molecule has 16 heteroatoms. The molecule has 0 bridgehead atoms. The summed E-state index contributed by atoms with van der Waals surface area (Å²) >= 11 is 0. The second kappa shape index (κ2) is 13.1. The van der Waals surface area contributed by atoms with Crippen molar-refractivity contribution in [2.45, 2.75) is 66.6 Å². The van der Waals surface area contributed by atoms with Crippen molar-refractivity contribution in [2.75, 3.05) is 45.9 Å². The van der Waals surface area contributed by atoms with E-state index in [1.807, 2.05) is 0 Å². The molecule has 3 aliphatic rings. The lowest BCUT2D eigenvalue weighted by molar-refractivity contribution is -0.391. The first-order valence-corrected chi connectivity index (χ1v) is 17.1. The Bertz CT molecular complexity index is 1570. The van der Waals surface area contributed by atoms with E-state index in [2.05, 4.69) is 0 Å². The molecule has 3 fully saturated rings. The van der Waals surface area contributed by atoms with Crippen molar-refractivity contribution in [3.63, 3.8) is 0 Å². The third-order valence-electron chi connectivity index (χ3n) is 9.76. The van der Waals surface area contributed by atoms with E-state index in [0.717, 1.165) is 36.4 Å². The molecule has 2 saturated heterocycles. The molecule has 8 nitrogen and oxygen atoms in total. The highest BCUT2D eigenvalue weighted by Gasteiger charge is 2.73. The summed E-state index contributed by atoms with van der Waals surface area (Å²) in [5.41, 5.74) is -6.06. The average molecular weight is 708 g/mol. The van der Waals surface area contributed by atoms with Crippen LogP contribution in [0.1, 0.15) is 50.2 Å². The molecule has 0 aromatic heterocycles. The molecule has 0 spiro atoms. The second-order valence-corrected chi connectivity index (χ2v) is 14.9. The predicted octanol–water partition coefficient (Wildman–Crippen LogP) is 6.01. The fourth-order valence-corrected chi connectivity index (χ4v) is 9.05. The Balaban J connectivity index is 1.53. The zero-order valence-corrected chi connectivity index (χ0v) is 26.9. The van der Waals surface area contributed by atoms with Crippen LogP contribution in [-0.2, 0) is 29.7 Å². The first kappa shape index (κ1) is 35.9. The van der Waals surface area contributed by atoms with Gasteiger partial charge < -0.3 is 19.4 Å². The number of nitrogens with zero attached hydrogens (tertiary/aromatic N) is 3. The molecule has 2 aromatic rings. The molecule has 264 valence electrons. The maximum absolute atomic E-state index is 14.5. The summed E-state index contributed by atoms with van der Waals surface area (Å²) in [6, 6.07) is 6.30. The summed E-state index contributed by atoms with van der Waals surface area (Å²) in [7, 11) is -4.52. The van der Waals surface area contributed by atoms with Crippen LogP contribution in [0.4, 0.5) is 35.5 Å². The Morgan fingerprint density at radius 1 is 0.812 bits per heavy atom. The molecule has 3 amide bonds. The van der Waals surface area contributed by atoms with Crippen molar-refractivity contribution in [3.8, 4) is 0 Å². The second-order valence-electron chi connectivity index (χ2n) is 12.6. The highest BCUT2D eigenvalue weighted by molar-refractivity contribution is 7.92. The van der Waals surface area contributed by atoms with Gasteiger partial charge in [0.2, 0.25) is 5.91 Å². The molecule has 1 aliphatic carbocycles. The highest BCUT2D eigenvalue weighted by Crippen LogP contribution is 2.54. The van der Waals surface area contributed by atoms with Crippen LogP contribution in [-0.4, -0.2) is 93.3 Å². The maximum atomic E-state index is 14.5. The quantitative estimate of drug-likeness (QED) is 0.260. The highest BCUT2D eigenvalue weighted by atomic mass is 32.2. The van der Waals surface area contributed by atoms with E-state index < -0.39 is 69.0 Å². The molecule has 1 saturated carbocycles. The van der Waals surface area contributed by atoms with E-state index in [1.165, 1.54) is 16.7 Å². The van der Waals surface area contributed by atoms with E-state index in [9.17, 15) is 48.7 Å².